The third-order valence-electron chi connectivity index (χ3n) is 4.89. The topological polar surface area (TPSA) is 61.9 Å². The SMILES string of the molecule is CC(C)(Oc1ccc(Cl)cc1)C(=O)NCC(=O)N1CCN(c2ccccc2)CC1. The maximum atomic E-state index is 12.5. The van der Waals surface area contributed by atoms with Gasteiger partial charge in [0.05, 0.1) is 6.54 Å². The van der Waals surface area contributed by atoms with E-state index >= 15 is 0 Å². The van der Waals surface area contributed by atoms with Crippen LogP contribution in [0.2, 0.25) is 5.02 Å². The van der Waals surface area contributed by atoms with E-state index in [4.69, 9.17) is 16.3 Å². The zero-order chi connectivity index (χ0) is 20.9. The number of anilines is 1. The summed E-state index contributed by atoms with van der Waals surface area (Å²) in [5.74, 6) is 0.106. The van der Waals surface area contributed by atoms with E-state index in [1.54, 1.807) is 43.0 Å². The van der Waals surface area contributed by atoms with Crippen LogP contribution in [0.25, 0.3) is 0 Å². The van der Waals surface area contributed by atoms with Gasteiger partial charge in [-0.1, -0.05) is 29.8 Å². The van der Waals surface area contributed by atoms with Crippen molar-refractivity contribution in [3.05, 3.63) is 59.6 Å². The molecule has 1 aliphatic rings. The molecule has 1 heterocycles. The lowest BCUT2D eigenvalue weighted by molar-refractivity contribution is -0.138. The average Bonchev–Trinajstić information content (AvgIpc) is 2.74. The lowest BCUT2D eigenvalue weighted by Crippen LogP contribution is -2.53. The Balaban J connectivity index is 1.46. The molecule has 0 spiro atoms. The normalized spacial score (nSPS) is 14.4. The van der Waals surface area contributed by atoms with Crippen LogP contribution in [0, 0.1) is 0 Å². The van der Waals surface area contributed by atoms with Crippen LogP contribution in [-0.2, 0) is 9.59 Å². The number of benzene rings is 2. The van der Waals surface area contributed by atoms with Crippen LogP contribution < -0.4 is 15.0 Å². The van der Waals surface area contributed by atoms with E-state index in [0.29, 0.717) is 23.9 Å². The Bertz CT molecular complexity index is 832. The predicted molar refractivity (Wildman–Crippen MR) is 114 cm³/mol. The summed E-state index contributed by atoms with van der Waals surface area (Å²) in [6.07, 6.45) is 0. The molecule has 29 heavy (non-hydrogen) atoms. The molecule has 2 aromatic carbocycles. The van der Waals surface area contributed by atoms with Gasteiger partial charge in [-0.2, -0.15) is 0 Å². The largest absolute Gasteiger partial charge is 0.478 e. The van der Waals surface area contributed by atoms with E-state index in [1.165, 1.54) is 0 Å². The Kier molecular flexibility index (Phi) is 6.64. The smallest absolute Gasteiger partial charge is 0.264 e. The first-order valence-electron chi connectivity index (χ1n) is 9.66. The Hall–Kier alpha value is -2.73. The van der Waals surface area contributed by atoms with Crippen molar-refractivity contribution >= 4 is 29.1 Å². The molecular weight excluding hydrogens is 390 g/mol. The highest BCUT2D eigenvalue weighted by Crippen LogP contribution is 2.21. The first-order valence-corrected chi connectivity index (χ1v) is 10.0. The van der Waals surface area contributed by atoms with E-state index < -0.39 is 5.60 Å². The molecule has 2 aromatic rings. The number of para-hydroxylation sites is 1. The number of halogens is 1. The summed E-state index contributed by atoms with van der Waals surface area (Å²) in [5, 5.41) is 3.29. The van der Waals surface area contributed by atoms with Gasteiger partial charge in [0, 0.05) is 36.9 Å². The van der Waals surface area contributed by atoms with Gasteiger partial charge in [-0.15, -0.1) is 0 Å². The number of piperazine rings is 1. The van der Waals surface area contributed by atoms with Crippen molar-refractivity contribution in [3.8, 4) is 5.75 Å². The first kappa shape index (κ1) is 21.0. The summed E-state index contributed by atoms with van der Waals surface area (Å²) in [7, 11) is 0. The van der Waals surface area contributed by atoms with Crippen molar-refractivity contribution in [2.75, 3.05) is 37.6 Å². The Morgan fingerprint density at radius 1 is 1.00 bits per heavy atom. The third-order valence-corrected chi connectivity index (χ3v) is 5.14. The van der Waals surface area contributed by atoms with Crippen molar-refractivity contribution in [2.24, 2.45) is 0 Å². The molecule has 0 atom stereocenters. The summed E-state index contributed by atoms with van der Waals surface area (Å²) >= 11 is 5.87. The predicted octanol–water partition coefficient (Wildman–Crippen LogP) is 2.96. The first-order chi connectivity index (χ1) is 13.8. The van der Waals surface area contributed by atoms with E-state index in [0.717, 1.165) is 18.8 Å². The second-order valence-electron chi connectivity index (χ2n) is 7.45. The van der Waals surface area contributed by atoms with Gasteiger partial charge >= 0.3 is 0 Å². The minimum absolute atomic E-state index is 0.0441. The summed E-state index contributed by atoms with van der Waals surface area (Å²) < 4.78 is 5.76. The quantitative estimate of drug-likeness (QED) is 0.787. The summed E-state index contributed by atoms with van der Waals surface area (Å²) in [5.41, 5.74) is 0.0501. The molecule has 1 fully saturated rings. The Labute approximate surface area is 176 Å². The number of rotatable bonds is 6. The average molecular weight is 416 g/mol. The van der Waals surface area contributed by atoms with Crippen LogP contribution in [0.3, 0.4) is 0 Å². The van der Waals surface area contributed by atoms with E-state index in [2.05, 4.69) is 22.3 Å². The van der Waals surface area contributed by atoms with Gasteiger partial charge in [-0.3, -0.25) is 9.59 Å². The van der Waals surface area contributed by atoms with E-state index in [-0.39, 0.29) is 18.4 Å². The highest BCUT2D eigenvalue weighted by atomic mass is 35.5. The number of carbonyl (C=O) groups excluding carboxylic acids is 2. The van der Waals surface area contributed by atoms with Gasteiger partial charge in [0.1, 0.15) is 5.75 Å². The lowest BCUT2D eigenvalue weighted by Gasteiger charge is -2.36. The third kappa shape index (κ3) is 5.64. The molecular formula is C22H26ClN3O3. The second-order valence-corrected chi connectivity index (χ2v) is 7.89. The number of hydrogen-bond donors (Lipinski definition) is 1. The van der Waals surface area contributed by atoms with Crippen molar-refractivity contribution in [2.45, 2.75) is 19.4 Å². The maximum absolute atomic E-state index is 12.5. The van der Waals surface area contributed by atoms with Gasteiger partial charge in [0.2, 0.25) is 5.91 Å². The van der Waals surface area contributed by atoms with Crippen molar-refractivity contribution in [1.29, 1.82) is 0 Å². The van der Waals surface area contributed by atoms with E-state index in [9.17, 15) is 9.59 Å². The molecule has 1 aliphatic heterocycles. The maximum Gasteiger partial charge on any atom is 0.264 e. The molecule has 2 amide bonds. The minimum Gasteiger partial charge on any atom is -0.478 e. The zero-order valence-electron chi connectivity index (χ0n) is 16.7. The highest BCUT2D eigenvalue weighted by Gasteiger charge is 2.31. The monoisotopic (exact) mass is 415 g/mol. The highest BCUT2D eigenvalue weighted by molar-refractivity contribution is 6.30. The molecule has 1 saturated heterocycles. The molecule has 1 N–H and O–H groups in total. The molecule has 6 nitrogen and oxygen atoms in total. The molecule has 0 bridgehead atoms. The zero-order valence-corrected chi connectivity index (χ0v) is 17.5. The molecule has 0 radical (unpaired) electrons. The van der Waals surface area contributed by atoms with E-state index in [1.807, 2.05) is 18.2 Å². The van der Waals surface area contributed by atoms with Crippen molar-refractivity contribution < 1.29 is 14.3 Å². The van der Waals surface area contributed by atoms with Gasteiger partial charge in [0.15, 0.2) is 5.60 Å². The molecule has 7 heteroatoms. The standard InChI is InChI=1S/C22H26ClN3O3/c1-22(2,29-19-10-8-17(23)9-11-19)21(28)24-16-20(27)26-14-12-25(13-15-26)18-6-4-3-5-7-18/h3-11H,12-16H2,1-2H3,(H,24,28). The molecule has 0 unspecified atom stereocenters. The minimum atomic E-state index is -1.11. The second kappa shape index (κ2) is 9.18. The Morgan fingerprint density at radius 2 is 1.62 bits per heavy atom. The summed E-state index contributed by atoms with van der Waals surface area (Å²) in [6.45, 7) is 6.10. The van der Waals surface area contributed by atoms with Crippen LogP contribution in [0.1, 0.15) is 13.8 Å². The number of hydrogen-bond acceptors (Lipinski definition) is 4. The number of nitrogens with zero attached hydrogens (tertiary/aromatic N) is 2. The fraction of sp³-hybridized carbons (Fsp3) is 0.364. The van der Waals surface area contributed by atoms with Crippen molar-refractivity contribution in [3.63, 3.8) is 0 Å². The van der Waals surface area contributed by atoms with Crippen LogP contribution in [0.5, 0.6) is 5.75 Å². The van der Waals surface area contributed by atoms with Crippen LogP contribution >= 0.6 is 11.6 Å². The number of carbonyl (C=O) groups is 2. The summed E-state index contributed by atoms with van der Waals surface area (Å²) in [6, 6.07) is 17.0. The molecule has 0 saturated carbocycles. The molecule has 0 aromatic heterocycles. The van der Waals surface area contributed by atoms with Gasteiger partial charge in [-0.25, -0.2) is 0 Å². The lowest BCUT2D eigenvalue weighted by atomic mass is 10.1. The Morgan fingerprint density at radius 3 is 2.24 bits per heavy atom. The fourth-order valence-corrected chi connectivity index (χ4v) is 3.30. The van der Waals surface area contributed by atoms with Gasteiger partial charge in [0.25, 0.3) is 5.91 Å². The molecule has 154 valence electrons. The molecule has 3 rings (SSSR count). The fourth-order valence-electron chi connectivity index (χ4n) is 3.18. The van der Waals surface area contributed by atoms with Gasteiger partial charge in [-0.05, 0) is 50.2 Å². The van der Waals surface area contributed by atoms with Crippen LogP contribution in [0.4, 0.5) is 5.69 Å². The number of ether oxygens (including phenoxy) is 1. The number of amides is 2. The van der Waals surface area contributed by atoms with Crippen molar-refractivity contribution in [1.82, 2.24) is 10.2 Å². The van der Waals surface area contributed by atoms with Crippen LogP contribution in [0.15, 0.2) is 54.6 Å². The summed E-state index contributed by atoms with van der Waals surface area (Å²) in [4.78, 5) is 29.1. The van der Waals surface area contributed by atoms with Gasteiger partial charge < -0.3 is 19.9 Å². The molecule has 0 aliphatic carbocycles. The van der Waals surface area contributed by atoms with Crippen LogP contribution in [-0.4, -0.2) is 55.0 Å². The number of nitrogens with one attached hydrogen (secondary N) is 1.